The van der Waals surface area contributed by atoms with Gasteiger partial charge in [0.15, 0.2) is 22.2 Å². The summed E-state index contributed by atoms with van der Waals surface area (Å²) >= 11 is 1.16. The van der Waals surface area contributed by atoms with Gasteiger partial charge in [-0.2, -0.15) is 4.98 Å². The van der Waals surface area contributed by atoms with Crippen molar-refractivity contribution < 1.29 is 24.2 Å². The van der Waals surface area contributed by atoms with Gasteiger partial charge in [0.05, 0.1) is 24.8 Å². The summed E-state index contributed by atoms with van der Waals surface area (Å²) in [6.07, 6.45) is -0.0938. The van der Waals surface area contributed by atoms with Crippen LogP contribution in [-0.4, -0.2) is 41.0 Å². The van der Waals surface area contributed by atoms with Crippen LogP contribution in [0.2, 0.25) is 0 Å². The van der Waals surface area contributed by atoms with Gasteiger partial charge in [-0.25, -0.2) is 4.98 Å². The molecule has 21 heavy (non-hydrogen) atoms. The van der Waals surface area contributed by atoms with Crippen LogP contribution < -0.4 is 9.47 Å². The highest BCUT2D eigenvalue weighted by Gasteiger charge is 2.21. The second-order valence-corrected chi connectivity index (χ2v) is 5.44. The summed E-state index contributed by atoms with van der Waals surface area (Å²) in [6, 6.07) is 1.69. The zero-order valence-electron chi connectivity index (χ0n) is 11.7. The molecule has 0 aliphatic carbocycles. The molecule has 0 unspecified atom stereocenters. The molecular weight excluding hydrogens is 296 g/mol. The van der Waals surface area contributed by atoms with E-state index in [0.29, 0.717) is 16.1 Å². The van der Waals surface area contributed by atoms with Crippen LogP contribution in [0.25, 0.3) is 10.3 Å². The molecule has 2 heterocycles. The van der Waals surface area contributed by atoms with Crippen LogP contribution in [0.4, 0.5) is 0 Å². The minimum absolute atomic E-state index is 0.0938. The highest BCUT2D eigenvalue weighted by atomic mass is 32.1. The van der Waals surface area contributed by atoms with E-state index >= 15 is 0 Å². The molecule has 0 amide bonds. The van der Waals surface area contributed by atoms with Crippen LogP contribution in [0, 0.1) is 5.92 Å². The minimum atomic E-state index is -1.01. The van der Waals surface area contributed by atoms with Crippen LogP contribution in [0.3, 0.4) is 0 Å². The smallest absolute Gasteiger partial charge is 0.306 e. The van der Waals surface area contributed by atoms with Crippen LogP contribution >= 0.6 is 11.3 Å². The lowest BCUT2D eigenvalue weighted by Crippen LogP contribution is -2.14. The number of carbonyl (C=O) groups excluding carboxylic acids is 1. The summed E-state index contributed by atoms with van der Waals surface area (Å²) in [4.78, 5) is 31.1. The van der Waals surface area contributed by atoms with Crippen LogP contribution in [-0.2, 0) is 4.79 Å². The van der Waals surface area contributed by atoms with E-state index < -0.39 is 11.9 Å². The number of aliphatic carboxylic acids is 1. The lowest BCUT2D eigenvalue weighted by Gasteiger charge is -2.04. The third kappa shape index (κ3) is 3.10. The molecule has 0 spiro atoms. The van der Waals surface area contributed by atoms with Crippen molar-refractivity contribution in [2.45, 2.75) is 13.3 Å². The van der Waals surface area contributed by atoms with Gasteiger partial charge >= 0.3 is 5.97 Å². The molecule has 0 aliphatic heterocycles. The van der Waals surface area contributed by atoms with Crippen molar-refractivity contribution in [1.82, 2.24) is 9.97 Å². The zero-order valence-corrected chi connectivity index (χ0v) is 12.6. The van der Waals surface area contributed by atoms with E-state index in [1.165, 1.54) is 21.1 Å². The predicted octanol–water partition coefficient (Wildman–Crippen LogP) is 2.00. The number of nitrogens with zero attached hydrogens (tertiary/aromatic N) is 2. The zero-order chi connectivity index (χ0) is 15.6. The predicted molar refractivity (Wildman–Crippen MR) is 76.3 cm³/mol. The van der Waals surface area contributed by atoms with Gasteiger partial charge in [0.25, 0.3) is 5.88 Å². The Bertz CT molecular complexity index is 656. The summed E-state index contributed by atoms with van der Waals surface area (Å²) in [5.41, 5.74) is 0.379. The van der Waals surface area contributed by atoms with E-state index in [4.69, 9.17) is 14.6 Å². The largest absolute Gasteiger partial charge is 0.491 e. The average Bonchev–Trinajstić information content (AvgIpc) is 2.88. The van der Waals surface area contributed by atoms with Gasteiger partial charge in [-0.05, 0) is 0 Å². The Morgan fingerprint density at radius 1 is 1.33 bits per heavy atom. The van der Waals surface area contributed by atoms with Crippen LogP contribution in [0.1, 0.15) is 23.1 Å². The number of pyridine rings is 1. The number of ketones is 1. The molecule has 2 aromatic rings. The van der Waals surface area contributed by atoms with Gasteiger partial charge in [-0.1, -0.05) is 6.92 Å². The van der Waals surface area contributed by atoms with E-state index in [1.54, 1.807) is 6.07 Å². The van der Waals surface area contributed by atoms with E-state index in [-0.39, 0.29) is 23.1 Å². The fraction of sp³-hybridized carbons (Fsp3) is 0.385. The fourth-order valence-corrected chi connectivity index (χ4v) is 2.58. The lowest BCUT2D eigenvalue weighted by molar-refractivity contribution is -0.141. The van der Waals surface area contributed by atoms with E-state index in [2.05, 4.69) is 9.97 Å². The summed E-state index contributed by atoms with van der Waals surface area (Å²) in [5.74, 6) is -1.34. The number of rotatable bonds is 6. The molecule has 0 aliphatic rings. The van der Waals surface area contributed by atoms with Crippen molar-refractivity contribution in [3.05, 3.63) is 11.1 Å². The van der Waals surface area contributed by atoms with Crippen molar-refractivity contribution in [3.63, 3.8) is 0 Å². The molecule has 1 atom stereocenters. The quantitative estimate of drug-likeness (QED) is 0.815. The monoisotopic (exact) mass is 310 g/mol. The first kappa shape index (κ1) is 15.2. The number of thiazole rings is 1. The molecule has 0 saturated carbocycles. The van der Waals surface area contributed by atoms with Crippen molar-refractivity contribution in [3.8, 4) is 11.6 Å². The van der Waals surface area contributed by atoms with Gasteiger partial charge in [0.1, 0.15) is 0 Å². The van der Waals surface area contributed by atoms with E-state index in [9.17, 15) is 9.59 Å². The second-order valence-electron chi connectivity index (χ2n) is 4.41. The van der Waals surface area contributed by atoms with Crippen molar-refractivity contribution in [2.75, 3.05) is 14.2 Å². The number of fused-ring (bicyclic) bond motifs is 1. The molecule has 0 bridgehead atoms. The SMILES string of the molecule is COc1cc2sc(C(=O)C[C@H](C)C(=O)O)nc2nc1OC. The topological polar surface area (TPSA) is 98.6 Å². The molecule has 8 heteroatoms. The first-order valence-electron chi connectivity index (χ1n) is 6.11. The number of Topliss-reactive ketones (excluding diaryl/α,β-unsaturated/α-hetero) is 1. The maximum absolute atomic E-state index is 12.0. The maximum atomic E-state index is 12.0. The number of carbonyl (C=O) groups is 2. The Balaban J connectivity index is 2.34. The van der Waals surface area contributed by atoms with Gasteiger partial charge in [0, 0.05) is 12.5 Å². The molecule has 1 N–H and O–H groups in total. The summed E-state index contributed by atoms with van der Waals surface area (Å²) in [6.45, 7) is 1.48. The van der Waals surface area contributed by atoms with Crippen molar-refractivity contribution in [2.24, 2.45) is 5.92 Å². The standard InChI is InChI=1S/C13H14N2O5S/c1-6(13(17)18)4-7(16)12-15-10-9(21-12)5-8(19-2)11(14-10)20-3/h5-6H,4H2,1-3H3,(H,17,18)/t6-/m0/s1. The van der Waals surface area contributed by atoms with Gasteiger partial charge in [0.2, 0.25) is 0 Å². The highest BCUT2D eigenvalue weighted by Crippen LogP contribution is 2.32. The number of carboxylic acids is 1. The Morgan fingerprint density at radius 3 is 2.62 bits per heavy atom. The van der Waals surface area contributed by atoms with E-state index in [0.717, 1.165) is 11.3 Å². The second kappa shape index (κ2) is 6.04. The average molecular weight is 310 g/mol. The molecule has 112 valence electrons. The third-order valence-electron chi connectivity index (χ3n) is 2.88. The molecule has 0 fully saturated rings. The number of carboxylic acid groups (broad SMARTS) is 1. The maximum Gasteiger partial charge on any atom is 0.306 e. The fourth-order valence-electron chi connectivity index (χ4n) is 1.69. The minimum Gasteiger partial charge on any atom is -0.491 e. The number of aromatic nitrogens is 2. The number of hydrogen-bond donors (Lipinski definition) is 1. The van der Waals surface area contributed by atoms with Crippen LogP contribution in [0.5, 0.6) is 11.6 Å². The normalized spacial score (nSPS) is 12.1. The number of hydrogen-bond acceptors (Lipinski definition) is 7. The highest BCUT2D eigenvalue weighted by molar-refractivity contribution is 7.20. The summed E-state index contributed by atoms with van der Waals surface area (Å²) in [7, 11) is 2.96. The van der Waals surface area contributed by atoms with Gasteiger partial charge in [-0.3, -0.25) is 9.59 Å². The summed E-state index contributed by atoms with van der Waals surface area (Å²) < 4.78 is 10.9. The first-order valence-corrected chi connectivity index (χ1v) is 6.93. The van der Waals surface area contributed by atoms with Gasteiger partial charge < -0.3 is 14.6 Å². The van der Waals surface area contributed by atoms with E-state index in [1.807, 2.05) is 0 Å². The Kier molecular flexibility index (Phi) is 4.37. The Morgan fingerprint density at radius 2 is 2.05 bits per heavy atom. The van der Waals surface area contributed by atoms with Crippen LogP contribution in [0.15, 0.2) is 6.07 Å². The molecule has 7 nitrogen and oxygen atoms in total. The Hall–Kier alpha value is -2.22. The Labute approximate surface area is 124 Å². The lowest BCUT2D eigenvalue weighted by atomic mass is 10.1. The third-order valence-corrected chi connectivity index (χ3v) is 3.91. The molecule has 0 aromatic carbocycles. The summed E-state index contributed by atoms with van der Waals surface area (Å²) in [5, 5.41) is 9.08. The molecule has 0 radical (unpaired) electrons. The van der Waals surface area contributed by atoms with Gasteiger partial charge in [-0.15, -0.1) is 11.3 Å². The molecule has 0 saturated heterocycles. The first-order chi connectivity index (χ1) is 9.96. The number of ether oxygens (including phenoxy) is 2. The molecular formula is C13H14N2O5S. The molecule has 2 rings (SSSR count). The van der Waals surface area contributed by atoms with Crippen molar-refractivity contribution >= 4 is 33.4 Å². The van der Waals surface area contributed by atoms with Crippen molar-refractivity contribution in [1.29, 1.82) is 0 Å². The number of methoxy groups -OCH3 is 2. The molecule has 2 aromatic heterocycles.